The molecule has 0 saturated heterocycles. The first-order chi connectivity index (χ1) is 8.36. The van der Waals surface area contributed by atoms with Crippen LogP contribution in [-0.2, 0) is 13.0 Å². The number of imidazole rings is 2. The number of thiazole rings is 1. The number of hydrogen-bond acceptors (Lipinski definition) is 3. The molecule has 0 bridgehead atoms. The molecule has 0 aromatic carbocycles. The molecule has 0 fully saturated rings. The third kappa shape index (κ3) is 1.98. The summed E-state index contributed by atoms with van der Waals surface area (Å²) in [6.07, 6.45) is 10.2. The number of aryl methyl sites for hydroxylation is 1. The van der Waals surface area contributed by atoms with E-state index in [1.165, 1.54) is 0 Å². The van der Waals surface area contributed by atoms with Crippen LogP contribution in [0.4, 0.5) is 0 Å². The van der Waals surface area contributed by atoms with Gasteiger partial charge in [0.2, 0.25) is 0 Å². The van der Waals surface area contributed by atoms with E-state index in [1.807, 2.05) is 24.0 Å². The van der Waals surface area contributed by atoms with Gasteiger partial charge in [-0.2, -0.15) is 0 Å². The minimum Gasteiger partial charge on any atom is -0.329 e. The van der Waals surface area contributed by atoms with Gasteiger partial charge in [0.15, 0.2) is 4.96 Å². The van der Waals surface area contributed by atoms with Crippen LogP contribution < -0.4 is 0 Å². The molecule has 0 radical (unpaired) electrons. The second-order valence-corrected chi connectivity index (χ2v) is 4.92. The quantitative estimate of drug-likeness (QED) is 0.709. The van der Waals surface area contributed by atoms with E-state index in [1.54, 1.807) is 11.3 Å². The predicted molar refractivity (Wildman–Crippen MR) is 68.4 cm³/mol. The van der Waals surface area contributed by atoms with E-state index in [2.05, 4.69) is 32.1 Å². The van der Waals surface area contributed by atoms with Crippen LogP contribution in [0.15, 0.2) is 30.2 Å². The van der Waals surface area contributed by atoms with Crippen LogP contribution in [0.2, 0.25) is 0 Å². The third-order valence-electron chi connectivity index (χ3n) is 2.75. The Bertz CT molecular complexity index is 591. The smallest absolute Gasteiger partial charge is 0.193 e. The average molecular weight is 246 g/mol. The highest BCUT2D eigenvalue weighted by Gasteiger charge is 2.06. The van der Waals surface area contributed by atoms with Crippen molar-refractivity contribution in [1.29, 1.82) is 0 Å². The third-order valence-corrected chi connectivity index (χ3v) is 3.52. The number of nitrogens with zero attached hydrogens (tertiary/aromatic N) is 4. The molecule has 0 unspecified atom stereocenters. The van der Waals surface area contributed by atoms with Crippen LogP contribution in [0.3, 0.4) is 0 Å². The van der Waals surface area contributed by atoms with Crippen molar-refractivity contribution in [3.8, 4) is 0 Å². The zero-order valence-electron chi connectivity index (χ0n) is 9.71. The van der Waals surface area contributed by atoms with Gasteiger partial charge in [-0.15, -0.1) is 11.3 Å². The van der Waals surface area contributed by atoms with Gasteiger partial charge in [0.05, 0.1) is 12.2 Å². The van der Waals surface area contributed by atoms with Crippen LogP contribution in [0.25, 0.3) is 4.96 Å². The lowest BCUT2D eigenvalue weighted by Crippen LogP contribution is -2.04. The minimum absolute atomic E-state index is 0.809. The Morgan fingerprint density at radius 1 is 1.35 bits per heavy atom. The van der Waals surface area contributed by atoms with Gasteiger partial charge in [0.25, 0.3) is 0 Å². The fourth-order valence-electron chi connectivity index (χ4n) is 1.96. The van der Waals surface area contributed by atoms with Gasteiger partial charge in [0, 0.05) is 36.6 Å². The van der Waals surface area contributed by atoms with Crippen LogP contribution in [0.1, 0.15) is 24.9 Å². The molecule has 0 amide bonds. The Hall–Kier alpha value is -1.62. The monoisotopic (exact) mass is 246 g/mol. The van der Waals surface area contributed by atoms with Crippen LogP contribution >= 0.6 is 11.3 Å². The van der Waals surface area contributed by atoms with Crippen molar-refractivity contribution in [3.05, 3.63) is 41.7 Å². The van der Waals surface area contributed by atoms with E-state index in [4.69, 9.17) is 0 Å². The summed E-state index contributed by atoms with van der Waals surface area (Å²) in [4.78, 5) is 10.0. The molecule has 0 spiro atoms. The van der Waals surface area contributed by atoms with Gasteiger partial charge in [-0.05, 0) is 6.42 Å². The summed E-state index contributed by atoms with van der Waals surface area (Å²) >= 11 is 1.66. The highest BCUT2D eigenvalue weighted by molar-refractivity contribution is 7.15. The van der Waals surface area contributed by atoms with Gasteiger partial charge in [-0.3, -0.25) is 4.40 Å². The molecule has 0 saturated carbocycles. The molecule has 88 valence electrons. The summed E-state index contributed by atoms with van der Waals surface area (Å²) < 4.78 is 4.24. The van der Waals surface area contributed by atoms with Crippen LogP contribution in [0.5, 0.6) is 0 Å². The molecule has 4 nitrogen and oxygen atoms in total. The highest BCUT2D eigenvalue weighted by atomic mass is 32.1. The number of rotatable bonds is 4. The SMILES string of the molecule is CCCc1nccn1Cc1cn2ccsc2n1. The Morgan fingerprint density at radius 3 is 3.12 bits per heavy atom. The molecule has 3 heterocycles. The molecule has 3 aromatic heterocycles. The first kappa shape index (κ1) is 10.5. The minimum atomic E-state index is 0.809. The van der Waals surface area contributed by atoms with E-state index >= 15 is 0 Å². The fraction of sp³-hybridized carbons (Fsp3) is 0.333. The maximum absolute atomic E-state index is 4.58. The molecular weight excluding hydrogens is 232 g/mol. The predicted octanol–water partition coefficient (Wildman–Crippen LogP) is 2.59. The number of hydrogen-bond donors (Lipinski definition) is 0. The van der Waals surface area contributed by atoms with Crippen molar-refractivity contribution >= 4 is 16.3 Å². The second kappa shape index (κ2) is 4.33. The van der Waals surface area contributed by atoms with Gasteiger partial charge >= 0.3 is 0 Å². The summed E-state index contributed by atoms with van der Waals surface area (Å²) in [6, 6.07) is 0. The molecule has 0 aliphatic rings. The number of fused-ring (bicyclic) bond motifs is 1. The Labute approximate surface area is 104 Å². The molecule has 5 heteroatoms. The molecule has 0 aliphatic heterocycles. The lowest BCUT2D eigenvalue weighted by molar-refractivity contribution is 0.696. The van der Waals surface area contributed by atoms with Crippen LogP contribution in [0, 0.1) is 0 Å². The van der Waals surface area contributed by atoms with Gasteiger partial charge in [-0.1, -0.05) is 6.92 Å². The molecule has 0 aliphatic carbocycles. The van der Waals surface area contributed by atoms with E-state index < -0.39 is 0 Å². The molecule has 0 N–H and O–H groups in total. The summed E-state index contributed by atoms with van der Waals surface area (Å²) in [5, 5.41) is 2.05. The van der Waals surface area contributed by atoms with Gasteiger partial charge in [0.1, 0.15) is 5.82 Å². The Kier molecular flexibility index (Phi) is 2.68. The van der Waals surface area contributed by atoms with Crippen molar-refractivity contribution in [2.24, 2.45) is 0 Å². The van der Waals surface area contributed by atoms with Crippen LogP contribution in [-0.4, -0.2) is 18.9 Å². The molecular formula is C12H14N4S. The van der Waals surface area contributed by atoms with Crippen molar-refractivity contribution in [2.75, 3.05) is 0 Å². The molecule has 17 heavy (non-hydrogen) atoms. The maximum Gasteiger partial charge on any atom is 0.193 e. The largest absolute Gasteiger partial charge is 0.329 e. The van der Waals surface area contributed by atoms with Crippen molar-refractivity contribution in [3.63, 3.8) is 0 Å². The first-order valence-electron chi connectivity index (χ1n) is 5.78. The van der Waals surface area contributed by atoms with Crippen molar-refractivity contribution in [1.82, 2.24) is 18.9 Å². The number of aromatic nitrogens is 4. The Balaban J connectivity index is 1.86. The summed E-state index contributed by atoms with van der Waals surface area (Å²) in [6.45, 7) is 2.98. The van der Waals surface area contributed by atoms with Crippen molar-refractivity contribution in [2.45, 2.75) is 26.3 Å². The Morgan fingerprint density at radius 2 is 2.29 bits per heavy atom. The summed E-state index contributed by atoms with van der Waals surface area (Å²) in [5.74, 6) is 1.14. The lowest BCUT2D eigenvalue weighted by Gasteiger charge is -2.04. The summed E-state index contributed by atoms with van der Waals surface area (Å²) in [5.41, 5.74) is 1.09. The first-order valence-corrected chi connectivity index (χ1v) is 6.66. The molecule has 3 rings (SSSR count). The lowest BCUT2D eigenvalue weighted by atomic mass is 10.3. The topological polar surface area (TPSA) is 35.1 Å². The maximum atomic E-state index is 4.58. The average Bonchev–Trinajstić information content (AvgIpc) is 2.95. The second-order valence-electron chi connectivity index (χ2n) is 4.05. The zero-order chi connectivity index (χ0) is 11.7. The van der Waals surface area contributed by atoms with Gasteiger partial charge < -0.3 is 4.57 Å². The van der Waals surface area contributed by atoms with Crippen molar-refractivity contribution < 1.29 is 0 Å². The van der Waals surface area contributed by atoms with Gasteiger partial charge in [-0.25, -0.2) is 9.97 Å². The van der Waals surface area contributed by atoms with E-state index in [-0.39, 0.29) is 0 Å². The molecule has 3 aromatic rings. The normalized spacial score (nSPS) is 11.4. The zero-order valence-corrected chi connectivity index (χ0v) is 10.5. The van der Waals surface area contributed by atoms with E-state index in [0.29, 0.717) is 0 Å². The molecule has 0 atom stereocenters. The standard InChI is InChI=1S/C12H14N4S/c1-2-3-11-13-4-5-15(11)8-10-9-16-6-7-17-12(16)14-10/h4-7,9H,2-3,8H2,1H3. The van der Waals surface area contributed by atoms with E-state index in [9.17, 15) is 0 Å². The fourth-order valence-corrected chi connectivity index (χ4v) is 2.68. The highest BCUT2D eigenvalue weighted by Crippen LogP contribution is 2.13. The summed E-state index contributed by atoms with van der Waals surface area (Å²) in [7, 11) is 0. The van der Waals surface area contributed by atoms with E-state index in [0.717, 1.165) is 35.9 Å².